The van der Waals surface area contributed by atoms with Gasteiger partial charge in [-0.05, 0) is 6.92 Å². The van der Waals surface area contributed by atoms with Crippen LogP contribution in [0.5, 0.6) is 0 Å². The highest BCUT2D eigenvalue weighted by molar-refractivity contribution is 6.00. The lowest BCUT2D eigenvalue weighted by molar-refractivity contribution is -0.155. The minimum atomic E-state index is -0.935. The van der Waals surface area contributed by atoms with Crippen LogP contribution >= 0.6 is 0 Å². The van der Waals surface area contributed by atoms with Crippen LogP contribution in [0.2, 0.25) is 0 Å². The third-order valence-corrected chi connectivity index (χ3v) is 1.60. The minimum absolute atomic E-state index is 0.495. The zero-order chi connectivity index (χ0) is 10.0. The first-order valence-corrected chi connectivity index (χ1v) is 3.79. The maximum Gasteiger partial charge on any atom is 0.321 e. The molecule has 0 radical (unpaired) electrons. The molecule has 0 aromatic carbocycles. The summed E-state index contributed by atoms with van der Waals surface area (Å²) in [6, 6.07) is -1.06. The monoisotopic (exact) mass is 186 g/mol. The van der Waals surface area contributed by atoms with Gasteiger partial charge < -0.3 is 10.1 Å². The van der Waals surface area contributed by atoms with Crippen molar-refractivity contribution in [1.29, 1.82) is 0 Å². The van der Waals surface area contributed by atoms with Crippen LogP contribution in [0, 0.1) is 0 Å². The van der Waals surface area contributed by atoms with Gasteiger partial charge in [-0.2, -0.15) is 0 Å². The summed E-state index contributed by atoms with van der Waals surface area (Å²) in [5.74, 6) is -1.14. The minimum Gasteiger partial charge on any atom is -0.450 e. The zero-order valence-corrected chi connectivity index (χ0v) is 7.29. The van der Waals surface area contributed by atoms with Gasteiger partial charge >= 0.3 is 12.0 Å². The van der Waals surface area contributed by atoms with Crippen molar-refractivity contribution < 1.29 is 19.1 Å². The van der Waals surface area contributed by atoms with Crippen molar-refractivity contribution in [3.8, 4) is 0 Å². The normalized spacial score (nSPS) is 27.5. The van der Waals surface area contributed by atoms with Crippen molar-refractivity contribution in [2.45, 2.75) is 26.0 Å². The summed E-state index contributed by atoms with van der Waals surface area (Å²) in [6.45, 7) is 2.79. The number of esters is 1. The number of nitrogens with one attached hydrogen (secondary N) is 2. The first kappa shape index (κ1) is 9.50. The molecule has 2 N–H and O–H groups in total. The summed E-state index contributed by atoms with van der Waals surface area (Å²) in [6.07, 6.45) is -0.935. The number of carbonyl (C=O) groups is 3. The first-order chi connectivity index (χ1) is 6.00. The molecular weight excluding hydrogens is 176 g/mol. The van der Waals surface area contributed by atoms with Gasteiger partial charge in [0.1, 0.15) is 0 Å². The van der Waals surface area contributed by atoms with Gasteiger partial charge in [0.25, 0.3) is 5.91 Å². The molecule has 13 heavy (non-hydrogen) atoms. The van der Waals surface area contributed by atoms with Crippen molar-refractivity contribution in [2.75, 3.05) is 0 Å². The number of amides is 3. The highest BCUT2D eigenvalue weighted by Gasteiger charge is 2.34. The van der Waals surface area contributed by atoms with Gasteiger partial charge in [-0.1, -0.05) is 0 Å². The van der Waals surface area contributed by atoms with Gasteiger partial charge in [-0.25, -0.2) is 4.79 Å². The average molecular weight is 186 g/mol. The lowest BCUT2D eigenvalue weighted by Gasteiger charge is -2.27. The van der Waals surface area contributed by atoms with Crippen molar-refractivity contribution in [3.05, 3.63) is 0 Å². The Bertz CT molecular complexity index is 263. The molecule has 0 unspecified atom stereocenters. The molecule has 0 aromatic heterocycles. The lowest BCUT2D eigenvalue weighted by atomic mass is 10.1. The standard InChI is InChI=1S/C7H10N2O4/c1-3-5(13-4(2)10)6(11)9-7(12)8-3/h3,5H,1-2H3,(H2,8,9,11,12)/t3-,5-/m0/s1. The summed E-state index contributed by atoms with van der Waals surface area (Å²) in [5, 5.41) is 4.42. The van der Waals surface area contributed by atoms with E-state index in [0.29, 0.717) is 0 Å². The third kappa shape index (κ3) is 2.17. The average Bonchev–Trinajstić information content (AvgIpc) is 1.96. The van der Waals surface area contributed by atoms with Gasteiger partial charge in [0.2, 0.25) is 0 Å². The van der Waals surface area contributed by atoms with E-state index in [-0.39, 0.29) is 0 Å². The first-order valence-electron chi connectivity index (χ1n) is 3.79. The van der Waals surface area contributed by atoms with Crippen LogP contribution in [0.1, 0.15) is 13.8 Å². The molecule has 0 saturated carbocycles. The van der Waals surface area contributed by atoms with Crippen molar-refractivity contribution in [2.24, 2.45) is 0 Å². The highest BCUT2D eigenvalue weighted by Crippen LogP contribution is 2.04. The van der Waals surface area contributed by atoms with Crippen LogP contribution in [0.4, 0.5) is 4.79 Å². The second-order valence-corrected chi connectivity index (χ2v) is 2.78. The lowest BCUT2D eigenvalue weighted by Crippen LogP contribution is -2.61. The Morgan fingerprint density at radius 3 is 2.54 bits per heavy atom. The molecule has 0 bridgehead atoms. The fraction of sp³-hybridized carbons (Fsp3) is 0.571. The molecule has 0 spiro atoms. The molecule has 1 heterocycles. The van der Waals surface area contributed by atoms with E-state index < -0.39 is 30.1 Å². The highest BCUT2D eigenvalue weighted by atomic mass is 16.5. The fourth-order valence-corrected chi connectivity index (χ4v) is 1.06. The molecule has 0 aromatic rings. The van der Waals surface area contributed by atoms with E-state index in [4.69, 9.17) is 4.74 Å². The molecule has 2 atom stereocenters. The number of urea groups is 1. The van der Waals surface area contributed by atoms with E-state index in [1.54, 1.807) is 6.92 Å². The van der Waals surface area contributed by atoms with E-state index in [0.717, 1.165) is 0 Å². The largest absolute Gasteiger partial charge is 0.450 e. The maximum absolute atomic E-state index is 11.1. The van der Waals surface area contributed by atoms with Gasteiger partial charge in [0.15, 0.2) is 6.10 Å². The van der Waals surface area contributed by atoms with E-state index >= 15 is 0 Å². The van der Waals surface area contributed by atoms with Crippen LogP contribution < -0.4 is 10.6 Å². The Morgan fingerprint density at radius 1 is 1.46 bits per heavy atom. The molecule has 1 saturated heterocycles. The van der Waals surface area contributed by atoms with Crippen LogP contribution in [0.3, 0.4) is 0 Å². The molecule has 1 rings (SSSR count). The van der Waals surface area contributed by atoms with Gasteiger partial charge in [0.05, 0.1) is 6.04 Å². The molecule has 0 aliphatic carbocycles. The summed E-state index contributed by atoms with van der Waals surface area (Å²) in [4.78, 5) is 32.4. The Kier molecular flexibility index (Phi) is 2.50. The summed E-state index contributed by atoms with van der Waals surface area (Å²) in [5.41, 5.74) is 0. The predicted molar refractivity (Wildman–Crippen MR) is 41.7 cm³/mol. The van der Waals surface area contributed by atoms with Gasteiger partial charge in [-0.15, -0.1) is 0 Å². The Morgan fingerprint density at radius 2 is 2.08 bits per heavy atom. The van der Waals surface area contributed by atoms with Crippen LogP contribution in [0.25, 0.3) is 0 Å². The van der Waals surface area contributed by atoms with E-state index in [1.165, 1.54) is 6.92 Å². The molecule has 6 heteroatoms. The maximum atomic E-state index is 11.1. The van der Waals surface area contributed by atoms with Crippen LogP contribution in [-0.2, 0) is 14.3 Å². The van der Waals surface area contributed by atoms with E-state index in [1.807, 2.05) is 5.32 Å². The molecule has 1 fully saturated rings. The second-order valence-electron chi connectivity index (χ2n) is 2.78. The smallest absolute Gasteiger partial charge is 0.321 e. The van der Waals surface area contributed by atoms with E-state index in [2.05, 4.69) is 5.32 Å². The number of carbonyl (C=O) groups excluding carboxylic acids is 3. The molecular formula is C7H10N2O4. The number of imide groups is 1. The Labute approximate surface area is 74.6 Å². The van der Waals surface area contributed by atoms with Crippen LogP contribution in [-0.4, -0.2) is 30.1 Å². The van der Waals surface area contributed by atoms with Gasteiger partial charge in [0, 0.05) is 6.92 Å². The topological polar surface area (TPSA) is 84.5 Å². The molecule has 1 aliphatic heterocycles. The summed E-state index contributed by atoms with van der Waals surface area (Å²) in [7, 11) is 0. The van der Waals surface area contributed by atoms with Crippen molar-refractivity contribution >= 4 is 17.9 Å². The Balaban J connectivity index is 2.67. The SMILES string of the molecule is CC(=O)O[C@@H]1C(=O)NC(=O)N[C@H]1C. The molecule has 6 nitrogen and oxygen atoms in total. The third-order valence-electron chi connectivity index (χ3n) is 1.60. The van der Waals surface area contributed by atoms with Crippen LogP contribution in [0.15, 0.2) is 0 Å². The van der Waals surface area contributed by atoms with Crippen molar-refractivity contribution in [1.82, 2.24) is 10.6 Å². The number of hydrogen-bond acceptors (Lipinski definition) is 4. The van der Waals surface area contributed by atoms with E-state index in [9.17, 15) is 14.4 Å². The fourth-order valence-electron chi connectivity index (χ4n) is 1.06. The summed E-state index contributed by atoms with van der Waals surface area (Å²) >= 11 is 0. The second kappa shape index (κ2) is 3.42. The molecule has 3 amide bonds. The predicted octanol–water partition coefficient (Wildman–Crippen LogP) is -0.854. The molecule has 1 aliphatic rings. The zero-order valence-electron chi connectivity index (χ0n) is 7.29. The number of rotatable bonds is 1. The number of hydrogen-bond donors (Lipinski definition) is 2. The quantitative estimate of drug-likeness (QED) is 0.522. The number of ether oxygens (including phenoxy) is 1. The van der Waals surface area contributed by atoms with Crippen molar-refractivity contribution in [3.63, 3.8) is 0 Å². The summed E-state index contributed by atoms with van der Waals surface area (Å²) < 4.78 is 4.70. The van der Waals surface area contributed by atoms with Gasteiger partial charge in [-0.3, -0.25) is 14.9 Å². The molecule has 72 valence electrons. The Hall–Kier alpha value is -1.59.